The van der Waals surface area contributed by atoms with E-state index in [1.807, 2.05) is 6.92 Å². The van der Waals surface area contributed by atoms with Gasteiger partial charge in [0.15, 0.2) is 0 Å². The number of nitrogens with zero attached hydrogens (tertiary/aromatic N) is 1. The number of halogens is 1. The molecule has 0 aliphatic heterocycles. The molecular weight excluding hydrogens is 331 g/mol. The van der Waals surface area contributed by atoms with Crippen LogP contribution in [0.5, 0.6) is 0 Å². The van der Waals surface area contributed by atoms with Gasteiger partial charge < -0.3 is 4.90 Å². The SMILES string of the molecule is CCN(Cc1cccc(F)c1)C(=O)c1cccc(NS(C)(=O)=O)c1. The highest BCUT2D eigenvalue weighted by Gasteiger charge is 2.15. The van der Waals surface area contributed by atoms with Crippen LogP contribution < -0.4 is 4.72 Å². The highest BCUT2D eigenvalue weighted by atomic mass is 32.2. The highest BCUT2D eigenvalue weighted by molar-refractivity contribution is 7.92. The predicted octanol–water partition coefficient (Wildman–Crippen LogP) is 2.86. The van der Waals surface area contributed by atoms with Crippen molar-refractivity contribution in [3.63, 3.8) is 0 Å². The summed E-state index contributed by atoms with van der Waals surface area (Å²) in [7, 11) is -3.42. The Kier molecular flexibility index (Phi) is 5.56. The zero-order valence-electron chi connectivity index (χ0n) is 13.5. The van der Waals surface area contributed by atoms with E-state index >= 15 is 0 Å². The molecule has 0 saturated carbocycles. The minimum absolute atomic E-state index is 0.251. The predicted molar refractivity (Wildman–Crippen MR) is 91.7 cm³/mol. The lowest BCUT2D eigenvalue weighted by atomic mass is 10.1. The molecule has 0 spiro atoms. The zero-order chi connectivity index (χ0) is 17.7. The Bertz CT molecular complexity index is 837. The number of hydrogen-bond donors (Lipinski definition) is 1. The van der Waals surface area contributed by atoms with Crippen LogP contribution in [0.15, 0.2) is 48.5 Å². The van der Waals surface area contributed by atoms with E-state index in [-0.39, 0.29) is 18.3 Å². The second-order valence-electron chi connectivity index (χ2n) is 5.40. The normalized spacial score (nSPS) is 11.1. The molecule has 0 atom stereocenters. The summed E-state index contributed by atoms with van der Waals surface area (Å²) in [5, 5.41) is 0. The minimum atomic E-state index is -3.42. The fourth-order valence-corrected chi connectivity index (χ4v) is 2.85. The van der Waals surface area contributed by atoms with Crippen molar-refractivity contribution in [2.75, 3.05) is 17.5 Å². The van der Waals surface area contributed by atoms with Gasteiger partial charge in [0, 0.05) is 24.3 Å². The number of amides is 1. The maximum Gasteiger partial charge on any atom is 0.254 e. The molecule has 0 aliphatic rings. The summed E-state index contributed by atoms with van der Waals surface area (Å²) in [5.41, 5.74) is 1.38. The smallest absolute Gasteiger partial charge is 0.254 e. The van der Waals surface area contributed by atoms with Gasteiger partial charge in [0.1, 0.15) is 5.82 Å². The maximum absolute atomic E-state index is 13.3. The van der Waals surface area contributed by atoms with E-state index in [9.17, 15) is 17.6 Å². The summed E-state index contributed by atoms with van der Waals surface area (Å²) in [6.45, 7) is 2.55. The van der Waals surface area contributed by atoms with Crippen LogP contribution in [0.25, 0.3) is 0 Å². The number of carbonyl (C=O) groups excluding carboxylic acids is 1. The quantitative estimate of drug-likeness (QED) is 0.871. The van der Waals surface area contributed by atoms with E-state index in [4.69, 9.17) is 0 Å². The van der Waals surface area contributed by atoms with E-state index in [0.29, 0.717) is 23.4 Å². The number of rotatable bonds is 6. The van der Waals surface area contributed by atoms with Gasteiger partial charge in [-0.3, -0.25) is 9.52 Å². The molecule has 1 amide bonds. The van der Waals surface area contributed by atoms with Crippen molar-refractivity contribution in [1.29, 1.82) is 0 Å². The van der Waals surface area contributed by atoms with Crippen molar-refractivity contribution in [3.8, 4) is 0 Å². The first kappa shape index (κ1) is 17.9. The Morgan fingerprint density at radius 3 is 2.50 bits per heavy atom. The molecule has 2 rings (SSSR count). The van der Waals surface area contributed by atoms with Crippen LogP contribution in [0.4, 0.5) is 10.1 Å². The topological polar surface area (TPSA) is 66.5 Å². The molecule has 0 aromatic heterocycles. The third-order valence-electron chi connectivity index (χ3n) is 3.34. The van der Waals surface area contributed by atoms with Crippen molar-refractivity contribution in [2.24, 2.45) is 0 Å². The van der Waals surface area contributed by atoms with Crippen molar-refractivity contribution in [2.45, 2.75) is 13.5 Å². The van der Waals surface area contributed by atoms with Crippen LogP contribution in [0.2, 0.25) is 0 Å². The molecule has 0 saturated heterocycles. The number of sulfonamides is 1. The van der Waals surface area contributed by atoms with E-state index < -0.39 is 10.0 Å². The summed E-state index contributed by atoms with van der Waals surface area (Å²) in [5.74, 6) is -0.603. The lowest BCUT2D eigenvalue weighted by Crippen LogP contribution is -2.30. The fraction of sp³-hybridized carbons (Fsp3) is 0.235. The van der Waals surface area contributed by atoms with Gasteiger partial charge >= 0.3 is 0 Å². The third kappa shape index (κ3) is 5.06. The van der Waals surface area contributed by atoms with E-state index in [0.717, 1.165) is 6.26 Å². The van der Waals surface area contributed by atoms with Gasteiger partial charge in [0.25, 0.3) is 5.91 Å². The van der Waals surface area contributed by atoms with Crippen LogP contribution in [-0.4, -0.2) is 32.0 Å². The second kappa shape index (κ2) is 7.44. The minimum Gasteiger partial charge on any atom is -0.335 e. The number of carbonyl (C=O) groups is 1. The van der Waals surface area contributed by atoms with E-state index in [1.54, 1.807) is 35.2 Å². The number of anilines is 1. The Balaban J connectivity index is 2.20. The molecule has 1 N–H and O–H groups in total. The number of nitrogens with one attached hydrogen (secondary N) is 1. The van der Waals surface area contributed by atoms with Crippen LogP contribution in [-0.2, 0) is 16.6 Å². The molecule has 0 bridgehead atoms. The third-order valence-corrected chi connectivity index (χ3v) is 3.95. The monoisotopic (exact) mass is 350 g/mol. The molecule has 5 nitrogen and oxygen atoms in total. The molecule has 2 aromatic rings. The zero-order valence-corrected chi connectivity index (χ0v) is 14.3. The molecule has 0 fully saturated rings. The molecule has 128 valence electrons. The Labute approximate surface area is 141 Å². The summed E-state index contributed by atoms with van der Waals surface area (Å²) >= 11 is 0. The molecule has 0 radical (unpaired) electrons. The molecule has 24 heavy (non-hydrogen) atoms. The average Bonchev–Trinajstić information content (AvgIpc) is 2.50. The van der Waals surface area contributed by atoms with Crippen LogP contribution in [0.1, 0.15) is 22.8 Å². The average molecular weight is 350 g/mol. The Morgan fingerprint density at radius 1 is 1.17 bits per heavy atom. The van der Waals surface area contributed by atoms with Crippen molar-refractivity contribution >= 4 is 21.6 Å². The molecule has 0 unspecified atom stereocenters. The van der Waals surface area contributed by atoms with Gasteiger partial charge in [-0.1, -0.05) is 18.2 Å². The summed E-state index contributed by atoms with van der Waals surface area (Å²) in [6, 6.07) is 12.4. The fourth-order valence-electron chi connectivity index (χ4n) is 2.30. The number of hydrogen-bond acceptors (Lipinski definition) is 3. The molecule has 0 aliphatic carbocycles. The highest BCUT2D eigenvalue weighted by Crippen LogP contribution is 2.16. The first-order valence-electron chi connectivity index (χ1n) is 7.40. The van der Waals surface area contributed by atoms with Crippen molar-refractivity contribution in [1.82, 2.24) is 4.90 Å². The van der Waals surface area contributed by atoms with Gasteiger partial charge in [-0.2, -0.15) is 0 Å². The first-order valence-corrected chi connectivity index (χ1v) is 9.29. The van der Waals surface area contributed by atoms with Gasteiger partial charge in [-0.25, -0.2) is 12.8 Å². The van der Waals surface area contributed by atoms with E-state index in [2.05, 4.69) is 4.72 Å². The Hall–Kier alpha value is -2.41. The largest absolute Gasteiger partial charge is 0.335 e. The molecule has 0 heterocycles. The van der Waals surface area contributed by atoms with Gasteiger partial charge in [0.05, 0.1) is 6.26 Å². The van der Waals surface area contributed by atoms with Crippen molar-refractivity contribution in [3.05, 3.63) is 65.5 Å². The molecule has 7 heteroatoms. The van der Waals surface area contributed by atoms with E-state index in [1.165, 1.54) is 18.2 Å². The Morgan fingerprint density at radius 2 is 1.88 bits per heavy atom. The first-order chi connectivity index (χ1) is 11.3. The van der Waals surface area contributed by atoms with Crippen LogP contribution in [0.3, 0.4) is 0 Å². The van der Waals surface area contributed by atoms with Gasteiger partial charge in [-0.15, -0.1) is 0 Å². The summed E-state index contributed by atoms with van der Waals surface area (Å²) in [4.78, 5) is 14.2. The molecule has 2 aromatic carbocycles. The lowest BCUT2D eigenvalue weighted by Gasteiger charge is -2.21. The lowest BCUT2D eigenvalue weighted by molar-refractivity contribution is 0.0752. The number of benzene rings is 2. The maximum atomic E-state index is 13.3. The summed E-state index contributed by atoms with van der Waals surface area (Å²) in [6.07, 6.45) is 1.05. The van der Waals surface area contributed by atoms with Crippen LogP contribution >= 0.6 is 0 Å². The standard InChI is InChI=1S/C17H19FN2O3S/c1-3-20(12-13-6-4-8-15(18)10-13)17(21)14-7-5-9-16(11-14)19-24(2,22)23/h4-11,19H,3,12H2,1-2H3. The molecular formula is C17H19FN2O3S. The second-order valence-corrected chi connectivity index (χ2v) is 7.15. The summed E-state index contributed by atoms with van der Waals surface area (Å²) < 4.78 is 38.2. The van der Waals surface area contributed by atoms with Gasteiger partial charge in [-0.05, 0) is 42.8 Å². The van der Waals surface area contributed by atoms with Crippen molar-refractivity contribution < 1.29 is 17.6 Å². The van der Waals surface area contributed by atoms with Gasteiger partial charge in [0.2, 0.25) is 10.0 Å². The van der Waals surface area contributed by atoms with Crippen LogP contribution in [0, 0.1) is 5.82 Å².